The van der Waals surface area contributed by atoms with Gasteiger partial charge in [0, 0.05) is 39.2 Å². The molecule has 1 aromatic carbocycles. The van der Waals surface area contributed by atoms with Gasteiger partial charge in [0.15, 0.2) is 0 Å². The van der Waals surface area contributed by atoms with Crippen molar-refractivity contribution in [3.8, 4) is 0 Å². The third-order valence-electron chi connectivity index (χ3n) is 7.02. The van der Waals surface area contributed by atoms with Crippen LogP contribution in [-0.2, 0) is 20.7 Å². The van der Waals surface area contributed by atoms with E-state index in [0.29, 0.717) is 19.4 Å². The van der Waals surface area contributed by atoms with Crippen molar-refractivity contribution in [1.29, 1.82) is 0 Å². The molecule has 3 heterocycles. The summed E-state index contributed by atoms with van der Waals surface area (Å²) in [6.45, 7) is 5.64. The van der Waals surface area contributed by atoms with Crippen LogP contribution in [0.25, 0.3) is 0 Å². The second-order valence-electron chi connectivity index (χ2n) is 9.04. The van der Waals surface area contributed by atoms with Gasteiger partial charge in [-0.1, -0.05) is 6.07 Å². The zero-order valence-electron chi connectivity index (χ0n) is 17.3. The van der Waals surface area contributed by atoms with Crippen LogP contribution in [0.5, 0.6) is 0 Å². The predicted molar refractivity (Wildman–Crippen MR) is 108 cm³/mol. The number of aryl methyl sites for hydroxylation is 1. The molecule has 29 heavy (non-hydrogen) atoms. The van der Waals surface area contributed by atoms with Crippen LogP contribution in [0.3, 0.4) is 0 Å². The molecule has 1 atom stereocenters. The molecule has 3 fully saturated rings. The number of benzene rings is 1. The van der Waals surface area contributed by atoms with Gasteiger partial charge in [-0.25, -0.2) is 4.39 Å². The minimum Gasteiger partial charge on any atom is -0.376 e. The van der Waals surface area contributed by atoms with E-state index in [1.807, 2.05) is 16.7 Å². The number of likely N-dealkylation sites (tertiary alicyclic amines) is 2. The normalized spacial score (nSPS) is 24.3. The maximum atomic E-state index is 13.3. The summed E-state index contributed by atoms with van der Waals surface area (Å²) in [5, 5.41) is 0. The van der Waals surface area contributed by atoms with E-state index in [-0.39, 0.29) is 29.2 Å². The van der Waals surface area contributed by atoms with Gasteiger partial charge in [0.05, 0.1) is 12.5 Å². The highest BCUT2D eigenvalue weighted by molar-refractivity contribution is 5.79. The lowest BCUT2D eigenvalue weighted by atomic mass is 9.72. The molecule has 0 aliphatic carbocycles. The SMILES string of the molecule is Cc1cc(F)ccc1CC(=O)N1CCC2(CCC(=O)N(C[C@H]3CCCO3)C2)CC1. The van der Waals surface area contributed by atoms with E-state index in [9.17, 15) is 14.0 Å². The van der Waals surface area contributed by atoms with Gasteiger partial charge in [-0.3, -0.25) is 9.59 Å². The Hall–Kier alpha value is -1.95. The van der Waals surface area contributed by atoms with Crippen LogP contribution in [0.4, 0.5) is 4.39 Å². The molecule has 158 valence electrons. The summed E-state index contributed by atoms with van der Waals surface area (Å²) in [5.41, 5.74) is 1.85. The molecular weight excluding hydrogens is 371 g/mol. The molecule has 0 N–H and O–H groups in total. The van der Waals surface area contributed by atoms with Crippen molar-refractivity contribution in [3.63, 3.8) is 0 Å². The molecule has 3 aliphatic rings. The highest BCUT2D eigenvalue weighted by atomic mass is 19.1. The lowest BCUT2D eigenvalue weighted by molar-refractivity contribution is -0.143. The quantitative estimate of drug-likeness (QED) is 0.778. The van der Waals surface area contributed by atoms with Crippen LogP contribution in [-0.4, -0.2) is 60.5 Å². The molecule has 1 aromatic rings. The zero-order chi connectivity index (χ0) is 20.4. The van der Waals surface area contributed by atoms with Crippen molar-refractivity contribution in [3.05, 3.63) is 35.1 Å². The Morgan fingerprint density at radius 3 is 2.76 bits per heavy atom. The summed E-state index contributed by atoms with van der Waals surface area (Å²) in [7, 11) is 0. The molecule has 0 unspecified atom stereocenters. The molecule has 0 aromatic heterocycles. The van der Waals surface area contributed by atoms with E-state index in [2.05, 4.69) is 0 Å². The first-order chi connectivity index (χ1) is 13.9. The minimum atomic E-state index is -0.266. The highest BCUT2D eigenvalue weighted by Gasteiger charge is 2.42. The van der Waals surface area contributed by atoms with Gasteiger partial charge in [-0.15, -0.1) is 0 Å². The number of halogens is 1. The van der Waals surface area contributed by atoms with Crippen LogP contribution in [0, 0.1) is 18.2 Å². The molecule has 4 rings (SSSR count). The standard InChI is InChI=1S/C23H31FN2O3/c1-17-13-19(24)5-4-18(17)14-22(28)25-10-8-23(9-11-25)7-6-21(27)26(16-23)15-20-3-2-12-29-20/h4-5,13,20H,2-3,6-12,14-16H2,1H3/t20-/m1/s1. The molecule has 6 heteroatoms. The smallest absolute Gasteiger partial charge is 0.226 e. The first-order valence-electron chi connectivity index (χ1n) is 10.9. The maximum Gasteiger partial charge on any atom is 0.226 e. The van der Waals surface area contributed by atoms with Gasteiger partial charge in [0.25, 0.3) is 0 Å². The summed E-state index contributed by atoms with van der Waals surface area (Å²) in [6, 6.07) is 4.61. The van der Waals surface area contributed by atoms with E-state index in [4.69, 9.17) is 4.74 Å². The third-order valence-corrected chi connectivity index (χ3v) is 7.02. The van der Waals surface area contributed by atoms with E-state index in [1.54, 1.807) is 6.07 Å². The average Bonchev–Trinajstić information content (AvgIpc) is 3.21. The van der Waals surface area contributed by atoms with Crippen molar-refractivity contribution in [2.75, 3.05) is 32.8 Å². The van der Waals surface area contributed by atoms with E-state index in [0.717, 1.165) is 69.5 Å². The summed E-state index contributed by atoms with van der Waals surface area (Å²) >= 11 is 0. The lowest BCUT2D eigenvalue weighted by Gasteiger charge is -2.47. The Morgan fingerprint density at radius 1 is 1.28 bits per heavy atom. The number of carbonyl (C=O) groups is 2. The number of ether oxygens (including phenoxy) is 1. The van der Waals surface area contributed by atoms with Gasteiger partial charge in [0.1, 0.15) is 5.82 Å². The molecule has 0 radical (unpaired) electrons. The number of carbonyl (C=O) groups excluding carboxylic acids is 2. The minimum absolute atomic E-state index is 0.109. The van der Waals surface area contributed by atoms with Crippen LogP contribution in [0.1, 0.15) is 49.7 Å². The van der Waals surface area contributed by atoms with Crippen molar-refractivity contribution >= 4 is 11.8 Å². The Balaban J connectivity index is 1.33. The molecule has 3 aliphatic heterocycles. The first kappa shape index (κ1) is 20.3. The number of rotatable bonds is 4. The third kappa shape index (κ3) is 4.63. The van der Waals surface area contributed by atoms with Crippen molar-refractivity contribution in [1.82, 2.24) is 9.80 Å². The first-order valence-corrected chi connectivity index (χ1v) is 10.9. The lowest BCUT2D eigenvalue weighted by Crippen LogP contribution is -2.53. The average molecular weight is 403 g/mol. The molecule has 5 nitrogen and oxygen atoms in total. The summed E-state index contributed by atoms with van der Waals surface area (Å²) in [4.78, 5) is 29.1. The van der Waals surface area contributed by atoms with Crippen molar-refractivity contribution in [2.45, 2.75) is 58.0 Å². The monoisotopic (exact) mass is 402 g/mol. The fraction of sp³-hybridized carbons (Fsp3) is 0.652. The molecular formula is C23H31FN2O3. The Morgan fingerprint density at radius 2 is 2.07 bits per heavy atom. The summed E-state index contributed by atoms with van der Waals surface area (Å²) in [6.07, 6.45) is 6.05. The fourth-order valence-electron chi connectivity index (χ4n) is 5.07. The maximum absolute atomic E-state index is 13.3. The molecule has 0 saturated carbocycles. The number of piperidine rings is 2. The Labute approximate surface area is 172 Å². The fourth-order valence-corrected chi connectivity index (χ4v) is 5.07. The van der Waals surface area contributed by atoms with Crippen molar-refractivity contribution in [2.24, 2.45) is 5.41 Å². The second kappa shape index (κ2) is 8.42. The molecule has 3 saturated heterocycles. The van der Waals surface area contributed by atoms with Crippen LogP contribution >= 0.6 is 0 Å². The topological polar surface area (TPSA) is 49.9 Å². The Kier molecular flexibility index (Phi) is 5.91. The molecule has 1 spiro atoms. The second-order valence-corrected chi connectivity index (χ2v) is 9.04. The summed E-state index contributed by atoms with van der Waals surface area (Å²) < 4.78 is 19.0. The van der Waals surface area contributed by atoms with Gasteiger partial charge in [-0.2, -0.15) is 0 Å². The number of hydrogen-bond donors (Lipinski definition) is 0. The van der Waals surface area contributed by atoms with Gasteiger partial charge >= 0.3 is 0 Å². The van der Waals surface area contributed by atoms with Gasteiger partial charge in [0.2, 0.25) is 11.8 Å². The number of amides is 2. The van der Waals surface area contributed by atoms with E-state index >= 15 is 0 Å². The Bertz CT molecular complexity index is 767. The largest absolute Gasteiger partial charge is 0.376 e. The molecule has 2 amide bonds. The van der Waals surface area contributed by atoms with E-state index < -0.39 is 0 Å². The predicted octanol–water partition coefficient (Wildman–Crippen LogP) is 3.09. The van der Waals surface area contributed by atoms with Crippen LogP contribution in [0.15, 0.2) is 18.2 Å². The summed E-state index contributed by atoms with van der Waals surface area (Å²) in [5.74, 6) is 0.0899. The van der Waals surface area contributed by atoms with Crippen molar-refractivity contribution < 1.29 is 18.7 Å². The highest BCUT2D eigenvalue weighted by Crippen LogP contribution is 2.40. The number of nitrogens with zero attached hydrogens (tertiary/aromatic N) is 2. The zero-order valence-corrected chi connectivity index (χ0v) is 17.3. The van der Waals surface area contributed by atoms with Crippen LogP contribution < -0.4 is 0 Å². The van der Waals surface area contributed by atoms with Gasteiger partial charge < -0.3 is 14.5 Å². The molecule has 0 bridgehead atoms. The van der Waals surface area contributed by atoms with Gasteiger partial charge in [-0.05, 0) is 67.7 Å². The van der Waals surface area contributed by atoms with Crippen LogP contribution in [0.2, 0.25) is 0 Å². The van der Waals surface area contributed by atoms with E-state index in [1.165, 1.54) is 12.1 Å². The number of hydrogen-bond acceptors (Lipinski definition) is 3.